The Kier molecular flexibility index (Phi) is 7.81. The molecule has 5 heteroatoms. The van der Waals surface area contributed by atoms with Crippen molar-refractivity contribution >= 4 is 11.6 Å². The summed E-state index contributed by atoms with van der Waals surface area (Å²) >= 11 is 0. The number of piperazine rings is 1. The van der Waals surface area contributed by atoms with E-state index in [4.69, 9.17) is 5.73 Å². The van der Waals surface area contributed by atoms with Crippen LogP contribution in [0.5, 0.6) is 0 Å². The van der Waals surface area contributed by atoms with Crippen molar-refractivity contribution < 1.29 is 4.79 Å². The lowest BCUT2D eigenvalue weighted by Crippen LogP contribution is -2.60. The van der Waals surface area contributed by atoms with Gasteiger partial charge in [0.25, 0.3) is 0 Å². The van der Waals surface area contributed by atoms with Gasteiger partial charge >= 0.3 is 0 Å². The van der Waals surface area contributed by atoms with Gasteiger partial charge in [0.2, 0.25) is 5.91 Å². The van der Waals surface area contributed by atoms with Gasteiger partial charge in [0, 0.05) is 62.1 Å². The second kappa shape index (κ2) is 11.7. The van der Waals surface area contributed by atoms with E-state index in [1.807, 2.05) is 12.1 Å². The van der Waals surface area contributed by atoms with Crippen molar-refractivity contribution in [1.82, 2.24) is 9.80 Å². The molecule has 2 atom stereocenters. The third kappa shape index (κ3) is 5.51. The number of carbonyl (C=O) groups is 1. The van der Waals surface area contributed by atoms with Crippen LogP contribution in [0.15, 0.2) is 72.8 Å². The van der Waals surface area contributed by atoms with Crippen LogP contribution in [0.2, 0.25) is 0 Å². The molecule has 2 aliphatic heterocycles. The van der Waals surface area contributed by atoms with E-state index >= 15 is 0 Å². The van der Waals surface area contributed by atoms with E-state index in [9.17, 15) is 4.79 Å². The van der Waals surface area contributed by atoms with Crippen LogP contribution in [0.4, 0.5) is 5.69 Å². The summed E-state index contributed by atoms with van der Waals surface area (Å²) in [5, 5.41) is 0. The van der Waals surface area contributed by atoms with Crippen molar-refractivity contribution in [1.29, 1.82) is 0 Å². The van der Waals surface area contributed by atoms with Crippen LogP contribution in [-0.2, 0) is 6.42 Å². The van der Waals surface area contributed by atoms with Crippen LogP contribution < -0.4 is 10.6 Å². The molecular weight excluding hydrogens is 528 g/mol. The summed E-state index contributed by atoms with van der Waals surface area (Å²) in [6.45, 7) is 10.4. The van der Waals surface area contributed by atoms with Gasteiger partial charge in [0.05, 0.1) is 0 Å². The summed E-state index contributed by atoms with van der Waals surface area (Å²) in [6.07, 6.45) is 8.98. The minimum absolute atomic E-state index is 0.358. The first-order valence-electron chi connectivity index (χ1n) is 16.7. The average molecular weight is 577 g/mol. The summed E-state index contributed by atoms with van der Waals surface area (Å²) in [6, 6.07) is 28.0. The fraction of sp³-hybridized carbons (Fsp3) is 0.500. The summed E-state index contributed by atoms with van der Waals surface area (Å²) in [5.41, 5.74) is 14.0. The maximum atomic E-state index is 11.5. The van der Waals surface area contributed by atoms with Gasteiger partial charge in [-0.25, -0.2) is 0 Å². The number of anilines is 1. The number of hydrogen-bond acceptors (Lipinski definition) is 4. The molecule has 1 spiro atoms. The number of aryl methyl sites for hydroxylation is 1. The third-order valence-electron chi connectivity index (χ3n) is 11.4. The number of nitrogens with two attached hydrogens (primary N) is 1. The Bertz CT molecular complexity index is 1430. The zero-order valence-electron chi connectivity index (χ0n) is 26.1. The van der Waals surface area contributed by atoms with Gasteiger partial charge in [0.15, 0.2) is 0 Å². The van der Waals surface area contributed by atoms with Crippen LogP contribution in [-0.4, -0.2) is 54.5 Å². The Morgan fingerprint density at radius 2 is 1.53 bits per heavy atom. The maximum absolute atomic E-state index is 11.5. The number of benzene rings is 3. The number of rotatable bonds is 6. The predicted molar refractivity (Wildman–Crippen MR) is 176 cm³/mol. The van der Waals surface area contributed by atoms with Crippen molar-refractivity contribution in [2.75, 3.05) is 37.6 Å². The molecule has 3 fully saturated rings. The number of hydrogen-bond donors (Lipinski definition) is 1. The molecule has 4 aliphatic rings. The number of fused-ring (bicyclic) bond motifs is 1. The first kappa shape index (κ1) is 28.6. The van der Waals surface area contributed by atoms with Gasteiger partial charge in [0.1, 0.15) is 0 Å². The largest absolute Gasteiger partial charge is 0.371 e. The summed E-state index contributed by atoms with van der Waals surface area (Å²) in [7, 11) is 0. The minimum Gasteiger partial charge on any atom is -0.371 e. The third-order valence-corrected chi connectivity index (χ3v) is 11.4. The second-order valence-electron chi connectivity index (χ2n) is 14.1. The highest BCUT2D eigenvalue weighted by Gasteiger charge is 2.50. The Morgan fingerprint density at radius 1 is 0.837 bits per heavy atom. The molecule has 2 saturated heterocycles. The number of piperidine rings is 1. The van der Waals surface area contributed by atoms with Crippen molar-refractivity contribution in [2.45, 2.75) is 82.8 Å². The molecule has 3 aromatic rings. The highest BCUT2D eigenvalue weighted by Crippen LogP contribution is 2.53. The van der Waals surface area contributed by atoms with Crippen molar-refractivity contribution in [3.8, 4) is 0 Å². The fourth-order valence-corrected chi connectivity index (χ4v) is 8.92. The fourth-order valence-electron chi connectivity index (χ4n) is 8.92. The molecule has 226 valence electrons. The topological polar surface area (TPSA) is 52.8 Å². The van der Waals surface area contributed by atoms with Crippen LogP contribution in [0.3, 0.4) is 0 Å². The molecule has 2 aliphatic carbocycles. The number of nitrogens with zero attached hydrogens (tertiary/aromatic N) is 3. The molecule has 2 unspecified atom stereocenters. The van der Waals surface area contributed by atoms with Crippen molar-refractivity contribution in [3.05, 3.63) is 101 Å². The van der Waals surface area contributed by atoms with Crippen LogP contribution in [0.25, 0.3) is 0 Å². The molecular formula is C38H48N4O. The molecule has 0 bridgehead atoms. The van der Waals surface area contributed by atoms with E-state index < -0.39 is 0 Å². The summed E-state index contributed by atoms with van der Waals surface area (Å²) in [5.74, 6) is 0.168. The smallest absolute Gasteiger partial charge is 0.248 e. The van der Waals surface area contributed by atoms with Gasteiger partial charge in [-0.15, -0.1) is 0 Å². The van der Waals surface area contributed by atoms with Gasteiger partial charge < -0.3 is 10.6 Å². The Morgan fingerprint density at radius 3 is 2.26 bits per heavy atom. The maximum Gasteiger partial charge on any atom is 0.248 e. The van der Waals surface area contributed by atoms with Gasteiger partial charge in [-0.2, -0.15) is 0 Å². The van der Waals surface area contributed by atoms with E-state index in [-0.39, 0.29) is 5.91 Å². The van der Waals surface area contributed by atoms with Gasteiger partial charge in [-0.3, -0.25) is 14.6 Å². The van der Waals surface area contributed by atoms with Crippen LogP contribution >= 0.6 is 0 Å². The molecule has 2 heterocycles. The van der Waals surface area contributed by atoms with E-state index in [1.54, 1.807) is 16.7 Å². The van der Waals surface area contributed by atoms with E-state index in [2.05, 4.69) is 89.2 Å². The summed E-state index contributed by atoms with van der Waals surface area (Å²) in [4.78, 5) is 19.8. The predicted octanol–water partition coefficient (Wildman–Crippen LogP) is 7.09. The number of carbonyl (C=O) groups excluding carboxylic acids is 1. The molecule has 5 nitrogen and oxygen atoms in total. The Balaban J connectivity index is 1.07. The first-order valence-corrected chi connectivity index (χ1v) is 16.7. The second-order valence-corrected chi connectivity index (χ2v) is 14.1. The number of amides is 1. The quantitative estimate of drug-likeness (QED) is 0.340. The monoisotopic (exact) mass is 576 g/mol. The molecule has 1 amide bonds. The van der Waals surface area contributed by atoms with Crippen LogP contribution in [0.1, 0.15) is 103 Å². The molecule has 7 rings (SSSR count). The molecule has 1 saturated carbocycles. The van der Waals surface area contributed by atoms with Crippen molar-refractivity contribution in [3.63, 3.8) is 0 Å². The van der Waals surface area contributed by atoms with E-state index in [0.717, 1.165) is 32.7 Å². The summed E-state index contributed by atoms with van der Waals surface area (Å²) < 4.78 is 0. The standard InChI is InChI=1S/C38H48N4O/c1-27(2)32-10-5-6-12-34(32)36-26-41(35-13-7-9-28-8-3-4-11-33(28)35)22-23-42(36)31-24-38(25-31)18-20-40(21-19-38)30-16-14-29(15-17-30)37(39)43/h3-6,8,10-12,14-17,27,31,35-36H,7,9,13,18-26H2,1-2H3,(H2,39,43). The molecule has 2 N–H and O–H groups in total. The Labute approximate surface area is 258 Å². The Hall–Kier alpha value is -3.15. The van der Waals surface area contributed by atoms with Crippen LogP contribution in [0, 0.1) is 5.41 Å². The SMILES string of the molecule is CC(C)c1ccccc1C1CN(C2CCCc3ccccc32)CCN1C1CC2(CCN(c3ccc(C(N)=O)cc3)CC2)C1. The lowest BCUT2D eigenvalue weighted by molar-refractivity contribution is -0.0688. The minimum atomic E-state index is -0.358. The lowest BCUT2D eigenvalue weighted by Gasteiger charge is -2.59. The van der Waals surface area contributed by atoms with Crippen molar-refractivity contribution in [2.24, 2.45) is 11.1 Å². The molecule has 3 aromatic carbocycles. The van der Waals surface area contributed by atoms with E-state index in [0.29, 0.717) is 35.0 Å². The molecule has 43 heavy (non-hydrogen) atoms. The normalized spacial score (nSPS) is 24.6. The lowest BCUT2D eigenvalue weighted by atomic mass is 9.59. The average Bonchev–Trinajstić information content (AvgIpc) is 3.03. The van der Waals surface area contributed by atoms with Gasteiger partial charge in [-0.1, -0.05) is 62.4 Å². The molecule has 0 radical (unpaired) electrons. The zero-order valence-corrected chi connectivity index (χ0v) is 26.1. The first-order chi connectivity index (χ1) is 20.9. The van der Waals surface area contributed by atoms with Gasteiger partial charge in [-0.05, 0) is 103 Å². The highest BCUT2D eigenvalue weighted by molar-refractivity contribution is 5.93. The zero-order chi connectivity index (χ0) is 29.6. The highest BCUT2D eigenvalue weighted by atomic mass is 16.1. The number of primary amides is 1. The molecule has 0 aromatic heterocycles. The van der Waals surface area contributed by atoms with E-state index in [1.165, 1.54) is 56.2 Å².